The molecule has 1 N–H and O–H groups in total. The lowest BCUT2D eigenvalue weighted by atomic mass is 10.3. The molecule has 0 atom stereocenters. The van der Waals surface area contributed by atoms with Crippen molar-refractivity contribution < 1.29 is 12.8 Å². The molecule has 0 radical (unpaired) electrons. The molecule has 6 heteroatoms. The summed E-state index contributed by atoms with van der Waals surface area (Å²) < 4.78 is 39.5. The van der Waals surface area contributed by atoms with Crippen LogP contribution >= 0.6 is 0 Å². The smallest absolute Gasteiger partial charge is 0.275 e. The van der Waals surface area contributed by atoms with Crippen molar-refractivity contribution in [2.24, 2.45) is 0 Å². The number of pyridine rings is 1. The van der Waals surface area contributed by atoms with Gasteiger partial charge in [-0.25, -0.2) is 9.37 Å². The van der Waals surface area contributed by atoms with Gasteiger partial charge < -0.3 is 0 Å². The van der Waals surface area contributed by atoms with Crippen LogP contribution in [0.2, 0.25) is 0 Å². The Morgan fingerprint density at radius 2 is 1.95 bits per heavy atom. The molecule has 0 bridgehead atoms. The van der Waals surface area contributed by atoms with E-state index < -0.39 is 15.8 Å². The van der Waals surface area contributed by atoms with Gasteiger partial charge in [-0.05, 0) is 23.8 Å². The third-order valence-electron chi connectivity index (χ3n) is 2.39. The maximum atomic E-state index is 13.4. The average Bonchev–Trinajstić information content (AvgIpc) is 2.41. The SMILES string of the molecule is C=Cc1ccc(S(=O)(=O)Nc2ccccc2F)nc1. The minimum Gasteiger partial charge on any atom is -0.275 e. The van der Waals surface area contributed by atoms with Crippen molar-refractivity contribution in [3.05, 3.63) is 60.6 Å². The molecule has 0 saturated heterocycles. The van der Waals surface area contributed by atoms with Gasteiger partial charge in [0.1, 0.15) is 5.82 Å². The number of anilines is 1. The number of para-hydroxylation sites is 1. The Labute approximate surface area is 110 Å². The molecule has 1 heterocycles. The summed E-state index contributed by atoms with van der Waals surface area (Å²) in [5.74, 6) is -0.645. The van der Waals surface area contributed by atoms with Crippen LogP contribution in [0.1, 0.15) is 5.56 Å². The fraction of sp³-hybridized carbons (Fsp3) is 0. The van der Waals surface area contributed by atoms with Crippen molar-refractivity contribution in [3.8, 4) is 0 Å². The number of hydrogen-bond acceptors (Lipinski definition) is 3. The van der Waals surface area contributed by atoms with Crippen LogP contribution in [0.4, 0.5) is 10.1 Å². The second kappa shape index (κ2) is 5.19. The van der Waals surface area contributed by atoms with Gasteiger partial charge in [-0.2, -0.15) is 8.42 Å². The summed E-state index contributed by atoms with van der Waals surface area (Å²) in [6, 6.07) is 8.42. The van der Waals surface area contributed by atoms with Crippen molar-refractivity contribution >= 4 is 21.8 Å². The molecule has 1 aromatic heterocycles. The van der Waals surface area contributed by atoms with Gasteiger partial charge in [-0.3, -0.25) is 4.72 Å². The lowest BCUT2D eigenvalue weighted by Crippen LogP contribution is -2.15. The van der Waals surface area contributed by atoms with Gasteiger partial charge >= 0.3 is 0 Å². The number of rotatable bonds is 4. The van der Waals surface area contributed by atoms with Gasteiger partial charge in [0.05, 0.1) is 5.69 Å². The van der Waals surface area contributed by atoms with E-state index in [4.69, 9.17) is 0 Å². The maximum Gasteiger partial charge on any atom is 0.279 e. The van der Waals surface area contributed by atoms with E-state index in [1.165, 1.54) is 36.5 Å². The van der Waals surface area contributed by atoms with Gasteiger partial charge in [-0.15, -0.1) is 0 Å². The fourth-order valence-corrected chi connectivity index (χ4v) is 2.41. The Hall–Kier alpha value is -2.21. The number of benzene rings is 1. The van der Waals surface area contributed by atoms with Crippen LogP contribution in [0.3, 0.4) is 0 Å². The predicted octanol–water partition coefficient (Wildman–Crippen LogP) is 2.66. The van der Waals surface area contributed by atoms with Crippen molar-refractivity contribution in [3.63, 3.8) is 0 Å². The van der Waals surface area contributed by atoms with Gasteiger partial charge in [0, 0.05) is 6.20 Å². The van der Waals surface area contributed by atoms with E-state index >= 15 is 0 Å². The Morgan fingerprint density at radius 3 is 2.53 bits per heavy atom. The number of hydrogen-bond donors (Lipinski definition) is 1. The van der Waals surface area contributed by atoms with E-state index in [1.54, 1.807) is 12.1 Å². The first-order valence-electron chi connectivity index (χ1n) is 5.39. The van der Waals surface area contributed by atoms with Crippen LogP contribution in [0.15, 0.2) is 54.2 Å². The van der Waals surface area contributed by atoms with Crippen molar-refractivity contribution in [1.29, 1.82) is 0 Å². The summed E-state index contributed by atoms with van der Waals surface area (Å²) in [7, 11) is -3.90. The summed E-state index contributed by atoms with van der Waals surface area (Å²) in [5, 5.41) is -0.179. The summed E-state index contributed by atoms with van der Waals surface area (Å²) in [4.78, 5) is 3.80. The molecule has 2 rings (SSSR count). The number of aromatic nitrogens is 1. The first kappa shape index (κ1) is 13.2. The van der Waals surface area contributed by atoms with Gasteiger partial charge in [0.15, 0.2) is 5.03 Å². The van der Waals surface area contributed by atoms with Gasteiger partial charge in [-0.1, -0.05) is 30.9 Å². The van der Waals surface area contributed by atoms with Crippen LogP contribution in [-0.2, 0) is 10.0 Å². The summed E-state index contributed by atoms with van der Waals surface area (Å²) >= 11 is 0. The van der Waals surface area contributed by atoms with Crippen LogP contribution in [0, 0.1) is 5.82 Å². The Morgan fingerprint density at radius 1 is 1.21 bits per heavy atom. The number of sulfonamides is 1. The van der Waals surface area contributed by atoms with Gasteiger partial charge in [0.2, 0.25) is 0 Å². The van der Waals surface area contributed by atoms with Crippen LogP contribution in [0.25, 0.3) is 6.08 Å². The summed E-state index contributed by atoms with van der Waals surface area (Å²) in [5.41, 5.74) is 0.585. The molecule has 98 valence electrons. The minimum atomic E-state index is -3.90. The third kappa shape index (κ3) is 2.97. The highest BCUT2D eigenvalue weighted by Crippen LogP contribution is 2.17. The standard InChI is InChI=1S/C13H11FN2O2S/c1-2-10-7-8-13(15-9-10)19(17,18)16-12-6-4-3-5-11(12)14/h2-9,16H,1H2. The van der Waals surface area contributed by atoms with Crippen LogP contribution < -0.4 is 4.72 Å². The van der Waals surface area contributed by atoms with Crippen molar-refractivity contribution in [2.75, 3.05) is 4.72 Å². The number of nitrogens with one attached hydrogen (secondary N) is 1. The molecular formula is C13H11FN2O2S. The largest absolute Gasteiger partial charge is 0.279 e. The molecule has 0 saturated carbocycles. The zero-order valence-electron chi connectivity index (χ0n) is 9.88. The molecule has 19 heavy (non-hydrogen) atoms. The lowest BCUT2D eigenvalue weighted by Gasteiger charge is -2.08. The van der Waals surface area contributed by atoms with E-state index in [-0.39, 0.29) is 10.7 Å². The summed E-state index contributed by atoms with van der Waals surface area (Å²) in [6.07, 6.45) is 2.93. The summed E-state index contributed by atoms with van der Waals surface area (Å²) in [6.45, 7) is 3.55. The average molecular weight is 278 g/mol. The number of halogens is 1. The molecular weight excluding hydrogens is 267 g/mol. The first-order valence-corrected chi connectivity index (χ1v) is 6.87. The quantitative estimate of drug-likeness (QED) is 0.935. The van der Waals surface area contributed by atoms with E-state index in [2.05, 4.69) is 16.3 Å². The van der Waals surface area contributed by atoms with Crippen LogP contribution in [-0.4, -0.2) is 13.4 Å². The molecule has 0 unspecified atom stereocenters. The predicted molar refractivity (Wildman–Crippen MR) is 71.5 cm³/mol. The van der Waals surface area contributed by atoms with Gasteiger partial charge in [0.25, 0.3) is 10.0 Å². The molecule has 4 nitrogen and oxygen atoms in total. The lowest BCUT2D eigenvalue weighted by molar-refractivity contribution is 0.595. The van der Waals surface area contributed by atoms with E-state index in [9.17, 15) is 12.8 Å². The molecule has 1 aromatic carbocycles. The third-order valence-corrected chi connectivity index (χ3v) is 3.67. The van der Waals surface area contributed by atoms with E-state index in [0.717, 1.165) is 0 Å². The Balaban J connectivity index is 2.32. The normalized spacial score (nSPS) is 11.0. The van der Waals surface area contributed by atoms with E-state index in [0.29, 0.717) is 5.56 Å². The molecule has 2 aromatic rings. The Bertz CT molecular complexity index is 697. The Kier molecular flexibility index (Phi) is 3.62. The first-order chi connectivity index (χ1) is 9.03. The second-order valence-electron chi connectivity index (χ2n) is 3.72. The highest BCUT2D eigenvalue weighted by atomic mass is 32.2. The van der Waals surface area contributed by atoms with Crippen LogP contribution in [0.5, 0.6) is 0 Å². The molecule has 0 aliphatic rings. The molecule has 0 aliphatic carbocycles. The molecule has 0 amide bonds. The zero-order chi connectivity index (χ0) is 13.9. The fourth-order valence-electron chi connectivity index (χ4n) is 1.41. The monoisotopic (exact) mass is 278 g/mol. The van der Waals surface area contributed by atoms with E-state index in [1.807, 2.05) is 0 Å². The number of nitrogens with zero attached hydrogens (tertiary/aromatic N) is 1. The zero-order valence-corrected chi connectivity index (χ0v) is 10.7. The topological polar surface area (TPSA) is 59.1 Å². The molecule has 0 fully saturated rings. The second-order valence-corrected chi connectivity index (χ2v) is 5.35. The minimum absolute atomic E-state index is 0.114. The maximum absolute atomic E-state index is 13.4. The highest BCUT2D eigenvalue weighted by molar-refractivity contribution is 7.92. The van der Waals surface area contributed by atoms with Crippen molar-refractivity contribution in [1.82, 2.24) is 4.98 Å². The molecule has 0 aliphatic heterocycles. The highest BCUT2D eigenvalue weighted by Gasteiger charge is 2.17. The molecule has 0 spiro atoms. The van der Waals surface area contributed by atoms with Crippen molar-refractivity contribution in [2.45, 2.75) is 5.03 Å².